The molecule has 1 aromatic rings. The van der Waals surface area contributed by atoms with Crippen molar-refractivity contribution in [1.82, 2.24) is 0 Å². The largest absolute Gasteiger partial charge is 0.493 e. The Bertz CT molecular complexity index is 472. The molecule has 0 bridgehead atoms. The van der Waals surface area contributed by atoms with Crippen molar-refractivity contribution in [2.45, 2.75) is 44.6 Å². The van der Waals surface area contributed by atoms with Gasteiger partial charge in [-0.25, -0.2) is 0 Å². The number of hydrogen-bond donors (Lipinski definition) is 1. The number of aryl methyl sites for hydroxylation is 1. The van der Waals surface area contributed by atoms with Gasteiger partial charge >= 0.3 is 0 Å². The molecule has 102 valence electrons. The molecular weight excluding hydrogens is 234 g/mol. The number of nitrogens with two attached hydrogens (primary N) is 1. The average Bonchev–Trinajstić information content (AvgIpc) is 3.20. The monoisotopic (exact) mass is 257 g/mol. The summed E-state index contributed by atoms with van der Waals surface area (Å²) in [6.07, 6.45) is 7.91. The van der Waals surface area contributed by atoms with Crippen LogP contribution in [0.3, 0.4) is 0 Å². The zero-order valence-corrected chi connectivity index (χ0v) is 11.5. The van der Waals surface area contributed by atoms with E-state index in [0.29, 0.717) is 0 Å². The highest BCUT2D eigenvalue weighted by molar-refractivity contribution is 5.45. The van der Waals surface area contributed by atoms with Crippen LogP contribution in [-0.4, -0.2) is 6.61 Å². The predicted molar refractivity (Wildman–Crippen MR) is 76.1 cm³/mol. The van der Waals surface area contributed by atoms with E-state index in [0.717, 1.165) is 43.0 Å². The fourth-order valence-corrected chi connectivity index (χ4v) is 4.46. The molecule has 3 unspecified atom stereocenters. The second-order valence-electron chi connectivity index (χ2n) is 6.50. The Morgan fingerprint density at radius 1 is 1.11 bits per heavy atom. The highest BCUT2D eigenvalue weighted by Crippen LogP contribution is 2.60. The third kappa shape index (κ3) is 1.88. The third-order valence-corrected chi connectivity index (χ3v) is 5.46. The van der Waals surface area contributed by atoms with Crippen molar-refractivity contribution in [2.75, 3.05) is 6.61 Å². The minimum atomic E-state index is 0.196. The first-order valence-corrected chi connectivity index (χ1v) is 7.86. The number of hydrogen-bond acceptors (Lipinski definition) is 2. The lowest BCUT2D eigenvalue weighted by Crippen LogP contribution is -2.18. The Hall–Kier alpha value is -1.02. The first-order valence-electron chi connectivity index (χ1n) is 7.86. The maximum Gasteiger partial charge on any atom is 0.127 e. The third-order valence-electron chi connectivity index (χ3n) is 5.46. The van der Waals surface area contributed by atoms with Gasteiger partial charge in [-0.05, 0) is 49.0 Å². The molecule has 1 aliphatic heterocycles. The summed E-state index contributed by atoms with van der Waals surface area (Å²) < 4.78 is 5.93. The fourth-order valence-electron chi connectivity index (χ4n) is 4.46. The normalized spacial score (nSPS) is 33.8. The Labute approximate surface area is 115 Å². The molecule has 2 saturated carbocycles. The minimum absolute atomic E-state index is 0.196. The van der Waals surface area contributed by atoms with Gasteiger partial charge in [-0.1, -0.05) is 31.0 Å². The van der Waals surface area contributed by atoms with E-state index < -0.39 is 0 Å². The van der Waals surface area contributed by atoms with Crippen LogP contribution in [0, 0.1) is 17.8 Å². The lowest BCUT2D eigenvalue weighted by molar-refractivity contribution is 0.282. The van der Waals surface area contributed by atoms with Crippen LogP contribution in [0.15, 0.2) is 18.2 Å². The van der Waals surface area contributed by atoms with E-state index in [2.05, 4.69) is 18.2 Å². The molecule has 19 heavy (non-hydrogen) atoms. The summed E-state index contributed by atoms with van der Waals surface area (Å²) in [5.41, 5.74) is 9.24. The molecule has 1 aromatic carbocycles. The van der Waals surface area contributed by atoms with Crippen molar-refractivity contribution < 1.29 is 4.74 Å². The van der Waals surface area contributed by atoms with E-state index in [1.807, 2.05) is 0 Å². The van der Waals surface area contributed by atoms with Crippen LogP contribution in [0.5, 0.6) is 5.75 Å². The topological polar surface area (TPSA) is 35.2 Å². The highest BCUT2D eigenvalue weighted by Gasteiger charge is 2.53. The summed E-state index contributed by atoms with van der Waals surface area (Å²) >= 11 is 0. The summed E-state index contributed by atoms with van der Waals surface area (Å²) in [6, 6.07) is 6.75. The van der Waals surface area contributed by atoms with Crippen molar-refractivity contribution in [2.24, 2.45) is 23.5 Å². The minimum Gasteiger partial charge on any atom is -0.493 e. The van der Waals surface area contributed by atoms with E-state index in [9.17, 15) is 0 Å². The van der Waals surface area contributed by atoms with E-state index in [1.165, 1.54) is 36.8 Å². The lowest BCUT2D eigenvalue weighted by atomic mass is 9.95. The quantitative estimate of drug-likeness (QED) is 0.880. The lowest BCUT2D eigenvalue weighted by Gasteiger charge is -2.23. The van der Waals surface area contributed by atoms with Crippen LogP contribution in [0.1, 0.15) is 49.3 Å². The summed E-state index contributed by atoms with van der Waals surface area (Å²) in [5.74, 6) is 3.65. The molecule has 3 atom stereocenters. The molecule has 2 aliphatic carbocycles. The molecule has 0 radical (unpaired) electrons. The number of benzene rings is 1. The SMILES string of the molecule is NC(c1cccc2c1OCCC2)C1C2CCCCC21. The number of ether oxygens (including phenoxy) is 1. The van der Waals surface area contributed by atoms with E-state index in [1.54, 1.807) is 0 Å². The standard InChI is InChI=1S/C17H23NO/c18-16(15-12-7-1-2-8-13(12)15)14-9-3-5-11-6-4-10-19-17(11)14/h3,5,9,12-13,15-16H,1-2,4,6-8,10,18H2. The van der Waals surface area contributed by atoms with E-state index in [-0.39, 0.29) is 6.04 Å². The van der Waals surface area contributed by atoms with Crippen LogP contribution in [0.2, 0.25) is 0 Å². The van der Waals surface area contributed by atoms with Crippen LogP contribution >= 0.6 is 0 Å². The van der Waals surface area contributed by atoms with E-state index in [4.69, 9.17) is 10.5 Å². The first-order chi connectivity index (χ1) is 9.36. The van der Waals surface area contributed by atoms with Crippen LogP contribution in [-0.2, 0) is 6.42 Å². The molecule has 0 saturated heterocycles. The molecule has 0 spiro atoms. The number of rotatable bonds is 2. The van der Waals surface area contributed by atoms with Gasteiger partial charge in [0.05, 0.1) is 6.61 Å². The Balaban J connectivity index is 1.62. The maximum atomic E-state index is 6.60. The fraction of sp³-hybridized carbons (Fsp3) is 0.647. The number of para-hydroxylation sites is 1. The van der Waals surface area contributed by atoms with Crippen LogP contribution in [0.4, 0.5) is 0 Å². The van der Waals surface area contributed by atoms with Crippen molar-refractivity contribution >= 4 is 0 Å². The van der Waals surface area contributed by atoms with Crippen LogP contribution in [0.25, 0.3) is 0 Å². The molecule has 2 nitrogen and oxygen atoms in total. The van der Waals surface area contributed by atoms with Crippen molar-refractivity contribution in [3.05, 3.63) is 29.3 Å². The Morgan fingerprint density at radius 3 is 2.68 bits per heavy atom. The average molecular weight is 257 g/mol. The molecular formula is C17H23NO. The maximum absolute atomic E-state index is 6.60. The van der Waals surface area contributed by atoms with Crippen molar-refractivity contribution in [1.29, 1.82) is 0 Å². The Kier molecular flexibility index (Phi) is 2.80. The zero-order chi connectivity index (χ0) is 12.8. The molecule has 3 aliphatic rings. The van der Waals surface area contributed by atoms with Gasteiger partial charge in [0.15, 0.2) is 0 Å². The summed E-state index contributed by atoms with van der Waals surface area (Å²) in [5, 5.41) is 0. The molecule has 4 rings (SSSR count). The number of fused-ring (bicyclic) bond motifs is 2. The van der Waals surface area contributed by atoms with Crippen LogP contribution < -0.4 is 10.5 Å². The Morgan fingerprint density at radius 2 is 1.89 bits per heavy atom. The van der Waals surface area contributed by atoms with Gasteiger partial charge in [0.2, 0.25) is 0 Å². The summed E-state index contributed by atoms with van der Waals surface area (Å²) in [7, 11) is 0. The zero-order valence-electron chi connectivity index (χ0n) is 11.5. The smallest absolute Gasteiger partial charge is 0.127 e. The summed E-state index contributed by atoms with van der Waals surface area (Å²) in [4.78, 5) is 0. The van der Waals surface area contributed by atoms with Crippen molar-refractivity contribution in [3.63, 3.8) is 0 Å². The van der Waals surface area contributed by atoms with E-state index >= 15 is 0 Å². The summed E-state index contributed by atoms with van der Waals surface area (Å²) in [6.45, 7) is 0.855. The first kappa shape index (κ1) is 11.8. The molecule has 0 aromatic heterocycles. The molecule has 2 heteroatoms. The second kappa shape index (κ2) is 4.52. The van der Waals surface area contributed by atoms with Gasteiger partial charge in [0.25, 0.3) is 0 Å². The molecule has 2 fully saturated rings. The van der Waals surface area contributed by atoms with Gasteiger partial charge in [0, 0.05) is 11.6 Å². The van der Waals surface area contributed by atoms with Gasteiger partial charge in [-0.2, -0.15) is 0 Å². The highest BCUT2D eigenvalue weighted by atomic mass is 16.5. The van der Waals surface area contributed by atoms with Gasteiger partial charge < -0.3 is 10.5 Å². The van der Waals surface area contributed by atoms with Crippen molar-refractivity contribution in [3.8, 4) is 5.75 Å². The van der Waals surface area contributed by atoms with Gasteiger partial charge in [-0.15, -0.1) is 0 Å². The molecule has 0 amide bonds. The second-order valence-corrected chi connectivity index (χ2v) is 6.50. The van der Waals surface area contributed by atoms with Gasteiger partial charge in [0.1, 0.15) is 5.75 Å². The molecule has 1 heterocycles. The van der Waals surface area contributed by atoms with Gasteiger partial charge in [-0.3, -0.25) is 0 Å². The predicted octanol–water partition coefficient (Wildman–Crippen LogP) is 3.45. The molecule has 2 N–H and O–H groups in total.